The van der Waals surface area contributed by atoms with Gasteiger partial charge in [-0.1, -0.05) is 0 Å². The zero-order valence-corrected chi connectivity index (χ0v) is 8.54. The largest absolute Gasteiger partial charge is 0.469 e. The molecule has 1 aromatic heterocycles. The Hall–Kier alpha value is -0.880. The first-order valence-electron chi connectivity index (χ1n) is 3.58. The van der Waals surface area contributed by atoms with Crippen molar-refractivity contribution in [2.45, 2.75) is 12.5 Å². The zero-order chi connectivity index (χ0) is 9.84. The van der Waals surface area contributed by atoms with E-state index >= 15 is 0 Å². The molecule has 13 heavy (non-hydrogen) atoms. The van der Waals surface area contributed by atoms with Gasteiger partial charge >= 0.3 is 5.97 Å². The molecule has 1 heterocycles. The minimum atomic E-state index is -0.913. The third kappa shape index (κ3) is 2.53. The lowest BCUT2D eigenvalue weighted by Gasteiger charge is -2.06. The van der Waals surface area contributed by atoms with E-state index in [1.165, 1.54) is 13.3 Å². The standard InChI is InChI=1S/C7H9BrN2O3/c1-13-6(12)2-5(11)7-4(8)3-9-10-7/h3,5,11H,2H2,1H3,(H,9,10). The summed E-state index contributed by atoms with van der Waals surface area (Å²) in [7, 11) is 1.27. The summed E-state index contributed by atoms with van der Waals surface area (Å²) in [5.41, 5.74) is 0.477. The summed E-state index contributed by atoms with van der Waals surface area (Å²) < 4.78 is 5.05. The maximum atomic E-state index is 10.8. The van der Waals surface area contributed by atoms with Crippen LogP contribution in [0.3, 0.4) is 0 Å². The van der Waals surface area contributed by atoms with Gasteiger partial charge in [-0.15, -0.1) is 0 Å². The summed E-state index contributed by atoms with van der Waals surface area (Å²) >= 11 is 3.17. The number of hydrogen-bond donors (Lipinski definition) is 2. The Morgan fingerprint density at radius 1 is 1.92 bits per heavy atom. The van der Waals surface area contributed by atoms with Crippen LogP contribution in [0.5, 0.6) is 0 Å². The number of nitrogens with zero attached hydrogens (tertiary/aromatic N) is 1. The van der Waals surface area contributed by atoms with Crippen molar-refractivity contribution in [3.63, 3.8) is 0 Å². The molecule has 0 saturated carbocycles. The maximum Gasteiger partial charge on any atom is 0.308 e. The summed E-state index contributed by atoms with van der Waals surface area (Å²) in [6, 6.07) is 0. The molecule has 5 nitrogen and oxygen atoms in total. The van der Waals surface area contributed by atoms with Gasteiger partial charge in [-0.05, 0) is 15.9 Å². The minimum Gasteiger partial charge on any atom is -0.469 e. The van der Waals surface area contributed by atoms with Crippen molar-refractivity contribution in [3.05, 3.63) is 16.4 Å². The molecule has 1 unspecified atom stereocenters. The summed E-state index contributed by atoms with van der Waals surface area (Å²) in [5, 5.41) is 15.8. The highest BCUT2D eigenvalue weighted by molar-refractivity contribution is 9.10. The molecule has 0 bridgehead atoms. The molecule has 0 aliphatic rings. The molecule has 0 spiro atoms. The van der Waals surface area contributed by atoms with Gasteiger partial charge < -0.3 is 9.84 Å². The monoisotopic (exact) mass is 248 g/mol. The van der Waals surface area contributed by atoms with Crippen LogP contribution in [-0.2, 0) is 9.53 Å². The highest BCUT2D eigenvalue weighted by Gasteiger charge is 2.17. The quantitative estimate of drug-likeness (QED) is 0.776. The number of ether oxygens (including phenoxy) is 1. The number of halogens is 1. The molecular formula is C7H9BrN2O3. The predicted octanol–water partition coefficient (Wildman–Crippen LogP) is 0.769. The molecule has 0 saturated heterocycles. The minimum absolute atomic E-state index is 0.0860. The Labute approximate surface area is 83.2 Å². The molecule has 0 aromatic carbocycles. The number of carbonyl (C=O) groups is 1. The van der Waals surface area contributed by atoms with Crippen molar-refractivity contribution in [2.24, 2.45) is 0 Å². The molecule has 0 aliphatic carbocycles. The van der Waals surface area contributed by atoms with Crippen LogP contribution in [0.2, 0.25) is 0 Å². The molecule has 0 aliphatic heterocycles. The Kier molecular flexibility index (Phi) is 3.44. The Morgan fingerprint density at radius 3 is 3.08 bits per heavy atom. The van der Waals surface area contributed by atoms with E-state index in [2.05, 4.69) is 30.9 Å². The Morgan fingerprint density at radius 2 is 2.62 bits per heavy atom. The molecule has 0 fully saturated rings. The van der Waals surface area contributed by atoms with Crippen LogP contribution in [0.1, 0.15) is 18.2 Å². The third-order valence-electron chi connectivity index (χ3n) is 1.54. The molecule has 1 atom stereocenters. The van der Waals surface area contributed by atoms with Crippen LogP contribution in [-0.4, -0.2) is 28.4 Å². The summed E-state index contributed by atoms with van der Waals surface area (Å²) in [5.74, 6) is -0.464. The van der Waals surface area contributed by atoms with E-state index in [1.807, 2.05) is 0 Å². The third-order valence-corrected chi connectivity index (χ3v) is 2.17. The van der Waals surface area contributed by atoms with Gasteiger partial charge in [0.1, 0.15) is 6.10 Å². The highest BCUT2D eigenvalue weighted by atomic mass is 79.9. The number of aromatic amines is 1. The van der Waals surface area contributed by atoms with Crippen molar-refractivity contribution >= 4 is 21.9 Å². The summed E-state index contributed by atoms with van der Waals surface area (Å²) in [6.45, 7) is 0. The lowest BCUT2D eigenvalue weighted by molar-refractivity contribution is -0.142. The van der Waals surface area contributed by atoms with Crippen molar-refractivity contribution in [1.82, 2.24) is 10.2 Å². The lowest BCUT2D eigenvalue weighted by Crippen LogP contribution is -2.08. The van der Waals surface area contributed by atoms with Gasteiger partial charge in [0.05, 0.1) is 29.9 Å². The van der Waals surface area contributed by atoms with E-state index in [-0.39, 0.29) is 6.42 Å². The number of esters is 1. The van der Waals surface area contributed by atoms with Gasteiger partial charge in [0.2, 0.25) is 0 Å². The topological polar surface area (TPSA) is 75.2 Å². The first-order valence-corrected chi connectivity index (χ1v) is 4.38. The first kappa shape index (κ1) is 10.2. The SMILES string of the molecule is COC(=O)CC(O)c1[nH]ncc1Br. The predicted molar refractivity (Wildman–Crippen MR) is 47.9 cm³/mol. The van der Waals surface area contributed by atoms with Gasteiger partial charge in [-0.2, -0.15) is 5.10 Å². The van der Waals surface area contributed by atoms with Gasteiger partial charge in [0, 0.05) is 0 Å². The van der Waals surface area contributed by atoms with Crippen molar-refractivity contribution in [2.75, 3.05) is 7.11 Å². The number of H-pyrrole nitrogens is 1. The fraction of sp³-hybridized carbons (Fsp3) is 0.429. The molecule has 1 aromatic rings. The number of aromatic nitrogens is 2. The highest BCUT2D eigenvalue weighted by Crippen LogP contribution is 2.22. The van der Waals surface area contributed by atoms with Crippen molar-refractivity contribution < 1.29 is 14.6 Å². The number of nitrogens with one attached hydrogen (secondary N) is 1. The number of methoxy groups -OCH3 is 1. The fourth-order valence-electron chi connectivity index (χ4n) is 0.858. The van der Waals surface area contributed by atoms with Crippen LogP contribution in [0.25, 0.3) is 0 Å². The Balaban J connectivity index is 2.63. The molecule has 1 rings (SSSR count). The van der Waals surface area contributed by atoms with E-state index < -0.39 is 12.1 Å². The molecule has 0 radical (unpaired) electrons. The number of rotatable bonds is 3. The van der Waals surface area contributed by atoms with Gasteiger partial charge in [0.15, 0.2) is 0 Å². The van der Waals surface area contributed by atoms with Crippen LogP contribution in [0.15, 0.2) is 10.7 Å². The second-order valence-electron chi connectivity index (χ2n) is 2.43. The molecule has 2 N–H and O–H groups in total. The number of hydrogen-bond acceptors (Lipinski definition) is 4. The number of aliphatic hydroxyl groups is 1. The van der Waals surface area contributed by atoms with E-state index in [0.29, 0.717) is 10.2 Å². The van der Waals surface area contributed by atoms with Crippen LogP contribution in [0, 0.1) is 0 Å². The fourth-order valence-corrected chi connectivity index (χ4v) is 1.31. The van der Waals surface area contributed by atoms with E-state index in [0.717, 1.165) is 0 Å². The smallest absolute Gasteiger partial charge is 0.308 e. The molecule has 0 amide bonds. The molecular weight excluding hydrogens is 240 g/mol. The summed E-state index contributed by atoms with van der Waals surface area (Å²) in [6.07, 6.45) is 0.511. The molecule has 72 valence electrons. The van der Waals surface area contributed by atoms with Crippen LogP contribution < -0.4 is 0 Å². The number of aliphatic hydroxyl groups excluding tert-OH is 1. The zero-order valence-electron chi connectivity index (χ0n) is 6.95. The van der Waals surface area contributed by atoms with Gasteiger partial charge in [-0.3, -0.25) is 9.89 Å². The van der Waals surface area contributed by atoms with Gasteiger partial charge in [0.25, 0.3) is 0 Å². The van der Waals surface area contributed by atoms with Gasteiger partial charge in [-0.25, -0.2) is 0 Å². The van der Waals surface area contributed by atoms with E-state index in [4.69, 9.17) is 0 Å². The second kappa shape index (κ2) is 4.38. The van der Waals surface area contributed by atoms with Crippen LogP contribution >= 0.6 is 15.9 Å². The average molecular weight is 249 g/mol. The lowest BCUT2D eigenvalue weighted by atomic mass is 10.2. The maximum absolute atomic E-state index is 10.8. The van der Waals surface area contributed by atoms with E-state index in [1.54, 1.807) is 0 Å². The normalized spacial score (nSPS) is 12.5. The first-order chi connectivity index (χ1) is 6.15. The second-order valence-corrected chi connectivity index (χ2v) is 3.28. The number of carbonyl (C=O) groups excluding carboxylic acids is 1. The summed E-state index contributed by atoms with van der Waals surface area (Å²) in [4.78, 5) is 10.8. The van der Waals surface area contributed by atoms with Crippen molar-refractivity contribution in [3.8, 4) is 0 Å². The van der Waals surface area contributed by atoms with Crippen LogP contribution in [0.4, 0.5) is 0 Å². The van der Waals surface area contributed by atoms with Crippen molar-refractivity contribution in [1.29, 1.82) is 0 Å². The average Bonchev–Trinajstić information content (AvgIpc) is 2.51. The van der Waals surface area contributed by atoms with E-state index in [9.17, 15) is 9.90 Å². The Bertz CT molecular complexity index is 300. The molecule has 6 heteroatoms.